The molecule has 0 unspecified atom stereocenters. The van der Waals surface area contributed by atoms with E-state index < -0.39 is 0 Å². The number of hydrogen-bond acceptors (Lipinski definition) is 3. The molecular formula is C14H23N3O3. The molecule has 0 atom stereocenters. The number of carbonyl (C=O) groups excluding carboxylic acids is 2. The normalized spacial score (nSPS) is 24.5. The lowest BCUT2D eigenvalue weighted by atomic mass is 9.84. The van der Waals surface area contributed by atoms with Crippen molar-refractivity contribution in [1.82, 2.24) is 14.7 Å². The van der Waals surface area contributed by atoms with Crippen LogP contribution in [0, 0.1) is 5.92 Å². The van der Waals surface area contributed by atoms with Gasteiger partial charge in [0, 0.05) is 45.2 Å². The molecular weight excluding hydrogens is 258 g/mol. The van der Waals surface area contributed by atoms with Gasteiger partial charge in [-0.2, -0.15) is 0 Å². The highest BCUT2D eigenvalue weighted by Gasteiger charge is 2.33. The van der Waals surface area contributed by atoms with Crippen LogP contribution in [0.25, 0.3) is 0 Å². The van der Waals surface area contributed by atoms with Crippen LogP contribution in [0.2, 0.25) is 0 Å². The molecule has 6 nitrogen and oxygen atoms in total. The average Bonchev–Trinajstić information content (AvgIpc) is 2.46. The van der Waals surface area contributed by atoms with Crippen LogP contribution >= 0.6 is 0 Å². The van der Waals surface area contributed by atoms with Crippen molar-refractivity contribution in [2.75, 3.05) is 52.5 Å². The number of piperazine rings is 1. The number of ether oxygens (including phenoxy) is 1. The molecule has 3 aliphatic rings. The second-order valence-electron chi connectivity index (χ2n) is 5.82. The highest BCUT2D eigenvalue weighted by molar-refractivity contribution is 5.80. The number of carbonyl (C=O) groups is 2. The molecule has 0 bridgehead atoms. The average molecular weight is 281 g/mol. The number of morpholine rings is 1. The summed E-state index contributed by atoms with van der Waals surface area (Å²) in [5.74, 6) is 0.561. The standard InChI is InChI=1S/C14H23N3O3/c18-13(12-2-1-3-12)15-4-6-16(7-5-15)14(19)17-8-10-20-11-9-17/h12H,1-11H2. The Kier molecular flexibility index (Phi) is 4.10. The van der Waals surface area contributed by atoms with Crippen LogP contribution in [0.4, 0.5) is 4.79 Å². The summed E-state index contributed by atoms with van der Waals surface area (Å²) in [6, 6.07) is 0.101. The van der Waals surface area contributed by atoms with E-state index in [1.807, 2.05) is 14.7 Å². The zero-order chi connectivity index (χ0) is 13.9. The topological polar surface area (TPSA) is 53.1 Å². The van der Waals surface area contributed by atoms with Crippen LogP contribution in [0.5, 0.6) is 0 Å². The van der Waals surface area contributed by atoms with Crippen LogP contribution in [0.1, 0.15) is 19.3 Å². The summed E-state index contributed by atoms with van der Waals surface area (Å²) in [6.45, 7) is 5.32. The quantitative estimate of drug-likeness (QED) is 0.698. The van der Waals surface area contributed by atoms with E-state index in [9.17, 15) is 9.59 Å². The zero-order valence-electron chi connectivity index (χ0n) is 11.9. The third-order valence-corrected chi connectivity index (χ3v) is 4.60. The molecule has 0 aromatic carbocycles. The van der Waals surface area contributed by atoms with Crippen LogP contribution in [-0.2, 0) is 9.53 Å². The Labute approximate surface area is 119 Å². The van der Waals surface area contributed by atoms with E-state index in [0.717, 1.165) is 12.8 Å². The van der Waals surface area contributed by atoms with E-state index in [4.69, 9.17) is 4.74 Å². The summed E-state index contributed by atoms with van der Waals surface area (Å²) < 4.78 is 5.27. The monoisotopic (exact) mass is 281 g/mol. The lowest BCUT2D eigenvalue weighted by Gasteiger charge is -2.40. The molecule has 0 aromatic heterocycles. The largest absolute Gasteiger partial charge is 0.378 e. The van der Waals surface area contributed by atoms with Crippen molar-refractivity contribution in [2.45, 2.75) is 19.3 Å². The number of urea groups is 1. The minimum atomic E-state index is 0.101. The van der Waals surface area contributed by atoms with E-state index in [0.29, 0.717) is 58.4 Å². The Morgan fingerprint density at radius 1 is 0.800 bits per heavy atom. The van der Waals surface area contributed by atoms with Crippen molar-refractivity contribution in [3.8, 4) is 0 Å². The van der Waals surface area contributed by atoms with Crippen molar-refractivity contribution in [1.29, 1.82) is 0 Å². The zero-order valence-corrected chi connectivity index (χ0v) is 11.9. The van der Waals surface area contributed by atoms with Gasteiger partial charge in [-0.3, -0.25) is 4.79 Å². The number of nitrogens with zero attached hydrogens (tertiary/aromatic N) is 3. The minimum Gasteiger partial charge on any atom is -0.378 e. The van der Waals surface area contributed by atoms with Crippen LogP contribution in [0.15, 0.2) is 0 Å². The van der Waals surface area contributed by atoms with Crippen molar-refractivity contribution in [3.63, 3.8) is 0 Å². The number of rotatable bonds is 1. The molecule has 1 saturated carbocycles. The molecule has 2 aliphatic heterocycles. The second-order valence-corrected chi connectivity index (χ2v) is 5.82. The molecule has 0 spiro atoms. The molecule has 0 N–H and O–H groups in total. The Morgan fingerprint density at radius 2 is 1.35 bits per heavy atom. The van der Waals surface area contributed by atoms with Gasteiger partial charge in [0.05, 0.1) is 13.2 Å². The van der Waals surface area contributed by atoms with E-state index in [1.54, 1.807) is 0 Å². The minimum absolute atomic E-state index is 0.101. The first-order valence-corrected chi connectivity index (χ1v) is 7.66. The van der Waals surface area contributed by atoms with Gasteiger partial charge in [0.15, 0.2) is 0 Å². The van der Waals surface area contributed by atoms with E-state index >= 15 is 0 Å². The number of amides is 3. The van der Waals surface area contributed by atoms with Gasteiger partial charge in [-0.15, -0.1) is 0 Å². The fraction of sp³-hybridized carbons (Fsp3) is 0.857. The molecule has 3 amide bonds. The van der Waals surface area contributed by atoms with Crippen molar-refractivity contribution in [3.05, 3.63) is 0 Å². The van der Waals surface area contributed by atoms with Gasteiger partial charge >= 0.3 is 6.03 Å². The van der Waals surface area contributed by atoms with Crippen LogP contribution in [-0.4, -0.2) is 79.1 Å². The first-order chi connectivity index (χ1) is 9.75. The maximum atomic E-state index is 12.3. The van der Waals surface area contributed by atoms with Gasteiger partial charge < -0.3 is 19.4 Å². The fourth-order valence-electron chi connectivity index (χ4n) is 2.99. The molecule has 3 fully saturated rings. The van der Waals surface area contributed by atoms with Crippen molar-refractivity contribution >= 4 is 11.9 Å². The fourth-order valence-corrected chi connectivity index (χ4v) is 2.99. The second kappa shape index (κ2) is 5.99. The smallest absolute Gasteiger partial charge is 0.320 e. The van der Waals surface area contributed by atoms with E-state index in [2.05, 4.69) is 0 Å². The predicted molar refractivity (Wildman–Crippen MR) is 73.3 cm³/mol. The summed E-state index contributed by atoms with van der Waals surface area (Å²) in [5, 5.41) is 0. The summed E-state index contributed by atoms with van der Waals surface area (Å²) >= 11 is 0. The van der Waals surface area contributed by atoms with Crippen LogP contribution in [0.3, 0.4) is 0 Å². The SMILES string of the molecule is O=C(C1CCC1)N1CCN(C(=O)N2CCOCC2)CC1. The lowest BCUT2D eigenvalue weighted by molar-refractivity contribution is -0.139. The maximum absolute atomic E-state index is 12.3. The van der Waals surface area contributed by atoms with Gasteiger partial charge in [-0.25, -0.2) is 4.79 Å². The molecule has 112 valence electrons. The third-order valence-electron chi connectivity index (χ3n) is 4.60. The van der Waals surface area contributed by atoms with Gasteiger partial charge in [0.25, 0.3) is 0 Å². The molecule has 2 saturated heterocycles. The molecule has 0 radical (unpaired) electrons. The molecule has 1 aliphatic carbocycles. The Hall–Kier alpha value is -1.30. The first kappa shape index (κ1) is 13.7. The maximum Gasteiger partial charge on any atom is 0.320 e. The molecule has 6 heteroatoms. The molecule has 20 heavy (non-hydrogen) atoms. The highest BCUT2D eigenvalue weighted by Crippen LogP contribution is 2.28. The highest BCUT2D eigenvalue weighted by atomic mass is 16.5. The first-order valence-electron chi connectivity index (χ1n) is 7.66. The van der Waals surface area contributed by atoms with E-state index in [1.165, 1.54) is 6.42 Å². The predicted octanol–water partition coefficient (Wildman–Crippen LogP) is 0.383. The van der Waals surface area contributed by atoms with Crippen molar-refractivity contribution in [2.24, 2.45) is 5.92 Å². The van der Waals surface area contributed by atoms with Gasteiger partial charge in [0.2, 0.25) is 5.91 Å². The summed E-state index contributed by atoms with van der Waals surface area (Å²) in [4.78, 5) is 30.1. The molecule has 0 aromatic rings. The molecule has 2 heterocycles. The Morgan fingerprint density at radius 3 is 1.90 bits per heavy atom. The van der Waals surface area contributed by atoms with Crippen molar-refractivity contribution < 1.29 is 14.3 Å². The summed E-state index contributed by atoms with van der Waals surface area (Å²) in [6.07, 6.45) is 3.28. The number of hydrogen-bond donors (Lipinski definition) is 0. The summed E-state index contributed by atoms with van der Waals surface area (Å²) in [5.41, 5.74) is 0. The lowest BCUT2D eigenvalue weighted by Crippen LogP contribution is -2.56. The van der Waals surface area contributed by atoms with Gasteiger partial charge in [-0.1, -0.05) is 6.42 Å². The Bertz CT molecular complexity index is 370. The Balaban J connectivity index is 1.47. The van der Waals surface area contributed by atoms with E-state index in [-0.39, 0.29) is 11.9 Å². The third kappa shape index (κ3) is 2.75. The summed E-state index contributed by atoms with van der Waals surface area (Å²) in [7, 11) is 0. The van der Waals surface area contributed by atoms with Gasteiger partial charge in [0.1, 0.15) is 0 Å². The van der Waals surface area contributed by atoms with Crippen LogP contribution < -0.4 is 0 Å². The van der Waals surface area contributed by atoms with Gasteiger partial charge in [-0.05, 0) is 12.8 Å². The molecule has 3 rings (SSSR count).